The third kappa shape index (κ3) is 2.97. The van der Waals surface area contributed by atoms with Crippen molar-refractivity contribution in [3.05, 3.63) is 63.7 Å². The van der Waals surface area contributed by atoms with Gasteiger partial charge in [0.15, 0.2) is 0 Å². The lowest BCUT2D eigenvalue weighted by atomic mass is 10.0. The fourth-order valence-electron chi connectivity index (χ4n) is 3.42. The number of imidazole rings is 1. The van der Waals surface area contributed by atoms with Crippen molar-refractivity contribution < 1.29 is 5.11 Å². The van der Waals surface area contributed by atoms with E-state index >= 15 is 0 Å². The Balaban J connectivity index is 1.44. The van der Waals surface area contributed by atoms with Gasteiger partial charge in [0, 0.05) is 12.1 Å². The molecule has 0 spiro atoms. The van der Waals surface area contributed by atoms with E-state index in [4.69, 9.17) is 11.6 Å². The third-order valence-corrected chi connectivity index (χ3v) is 5.59. The van der Waals surface area contributed by atoms with Crippen LogP contribution in [0.3, 0.4) is 0 Å². The first kappa shape index (κ1) is 17.1. The van der Waals surface area contributed by atoms with Gasteiger partial charge in [-0.2, -0.15) is 0 Å². The first-order valence-corrected chi connectivity index (χ1v) is 9.56. The van der Waals surface area contributed by atoms with Gasteiger partial charge >= 0.3 is 5.69 Å². The number of hydrogen-bond acceptors (Lipinski definition) is 4. The fourth-order valence-corrected chi connectivity index (χ4v) is 3.73. The van der Waals surface area contributed by atoms with Gasteiger partial charge in [-0.3, -0.25) is 4.57 Å². The molecular weight excluding hydrogens is 378 g/mol. The summed E-state index contributed by atoms with van der Waals surface area (Å²) in [7, 11) is 0. The standard InChI is InChI=1S/C20H18ClN5O2/c21-18-15(7-8-16-19(18)23-24-26(16)11-13-1-2-13)14-5-3-12(4-6-14)10-25-17(27)9-22-20(25)28/h3-9,13,27H,1-2,10-11H2,(H,22,28). The Labute approximate surface area is 165 Å². The maximum atomic E-state index is 11.7. The van der Waals surface area contributed by atoms with Crippen LogP contribution in [0.1, 0.15) is 18.4 Å². The predicted molar refractivity (Wildman–Crippen MR) is 107 cm³/mol. The van der Waals surface area contributed by atoms with Crippen LogP contribution in [0.5, 0.6) is 5.88 Å². The molecule has 2 aromatic carbocycles. The number of aromatic hydroxyl groups is 1. The van der Waals surface area contributed by atoms with Gasteiger partial charge in [0.25, 0.3) is 0 Å². The van der Waals surface area contributed by atoms with Crippen molar-refractivity contribution in [2.45, 2.75) is 25.9 Å². The van der Waals surface area contributed by atoms with Crippen molar-refractivity contribution in [1.29, 1.82) is 0 Å². The molecule has 0 amide bonds. The third-order valence-electron chi connectivity index (χ3n) is 5.21. The summed E-state index contributed by atoms with van der Waals surface area (Å²) in [5.74, 6) is 0.625. The van der Waals surface area contributed by atoms with Crippen molar-refractivity contribution in [3.63, 3.8) is 0 Å². The maximum Gasteiger partial charge on any atom is 0.328 e. The molecule has 1 aliphatic carbocycles. The topological polar surface area (TPSA) is 88.7 Å². The maximum absolute atomic E-state index is 11.7. The van der Waals surface area contributed by atoms with E-state index in [0.29, 0.717) is 16.5 Å². The van der Waals surface area contributed by atoms with Gasteiger partial charge in [0.1, 0.15) is 5.52 Å². The molecule has 1 aliphatic rings. The second-order valence-electron chi connectivity index (χ2n) is 7.24. The van der Waals surface area contributed by atoms with Crippen LogP contribution in [-0.4, -0.2) is 29.7 Å². The predicted octanol–water partition coefficient (Wildman–Crippen LogP) is 3.41. The minimum absolute atomic E-state index is 0.0862. The van der Waals surface area contributed by atoms with E-state index in [1.807, 2.05) is 41.1 Å². The molecule has 142 valence electrons. The largest absolute Gasteiger partial charge is 0.493 e. The van der Waals surface area contributed by atoms with Crippen molar-refractivity contribution in [2.24, 2.45) is 5.92 Å². The minimum Gasteiger partial charge on any atom is -0.493 e. The van der Waals surface area contributed by atoms with Gasteiger partial charge in [0.2, 0.25) is 5.88 Å². The van der Waals surface area contributed by atoms with Gasteiger partial charge in [-0.05, 0) is 36.0 Å². The lowest BCUT2D eigenvalue weighted by Gasteiger charge is -2.08. The zero-order chi connectivity index (χ0) is 19.3. The van der Waals surface area contributed by atoms with Crippen molar-refractivity contribution in [1.82, 2.24) is 24.5 Å². The summed E-state index contributed by atoms with van der Waals surface area (Å²) in [5, 5.41) is 18.9. The summed E-state index contributed by atoms with van der Waals surface area (Å²) >= 11 is 6.64. The Kier molecular flexibility index (Phi) is 3.98. The molecule has 8 heteroatoms. The summed E-state index contributed by atoms with van der Waals surface area (Å²) in [6.45, 7) is 1.18. The molecule has 2 heterocycles. The molecule has 0 aliphatic heterocycles. The van der Waals surface area contributed by atoms with Gasteiger partial charge in [0.05, 0.1) is 23.3 Å². The molecule has 0 saturated heterocycles. The van der Waals surface area contributed by atoms with Crippen molar-refractivity contribution >= 4 is 22.6 Å². The molecule has 7 nitrogen and oxygen atoms in total. The Hall–Kier alpha value is -3.06. The second kappa shape index (κ2) is 6.53. The molecule has 0 radical (unpaired) electrons. The van der Waals surface area contributed by atoms with E-state index in [9.17, 15) is 9.90 Å². The molecule has 0 atom stereocenters. The number of fused-ring (bicyclic) bond motifs is 1. The number of benzene rings is 2. The second-order valence-corrected chi connectivity index (χ2v) is 7.62. The first-order chi connectivity index (χ1) is 13.6. The fraction of sp³-hybridized carbons (Fsp3) is 0.250. The SMILES string of the molecule is O=c1[nH]cc(O)n1Cc1ccc(-c2ccc3c(nnn3CC3CC3)c2Cl)cc1. The van der Waals surface area contributed by atoms with E-state index < -0.39 is 0 Å². The zero-order valence-corrected chi connectivity index (χ0v) is 15.7. The van der Waals surface area contributed by atoms with Crippen LogP contribution in [-0.2, 0) is 13.1 Å². The van der Waals surface area contributed by atoms with Gasteiger partial charge < -0.3 is 10.1 Å². The Morgan fingerprint density at radius 2 is 1.96 bits per heavy atom. The monoisotopic (exact) mass is 395 g/mol. The Morgan fingerprint density at radius 1 is 1.18 bits per heavy atom. The number of rotatable bonds is 5. The molecule has 1 fully saturated rings. The molecule has 1 saturated carbocycles. The number of H-pyrrole nitrogens is 1. The number of halogens is 1. The van der Waals surface area contributed by atoms with Crippen molar-refractivity contribution in [2.75, 3.05) is 0 Å². The van der Waals surface area contributed by atoms with Crippen LogP contribution in [0.15, 0.2) is 47.4 Å². The first-order valence-electron chi connectivity index (χ1n) is 9.18. The zero-order valence-electron chi connectivity index (χ0n) is 15.0. The highest BCUT2D eigenvalue weighted by molar-refractivity contribution is 6.37. The van der Waals surface area contributed by atoms with Gasteiger partial charge in [-0.1, -0.05) is 47.1 Å². The van der Waals surface area contributed by atoms with E-state index in [0.717, 1.165) is 28.8 Å². The van der Waals surface area contributed by atoms with E-state index in [1.54, 1.807) is 0 Å². The average Bonchev–Trinajstić information content (AvgIpc) is 3.35. The highest BCUT2D eigenvalue weighted by Crippen LogP contribution is 2.35. The Bertz CT molecular complexity index is 1220. The molecule has 2 N–H and O–H groups in total. The van der Waals surface area contributed by atoms with Crippen LogP contribution >= 0.6 is 11.6 Å². The van der Waals surface area contributed by atoms with Crippen LogP contribution in [0, 0.1) is 5.92 Å². The quantitative estimate of drug-likeness (QED) is 0.542. The summed E-state index contributed by atoms with van der Waals surface area (Å²) in [4.78, 5) is 14.2. The number of aromatic nitrogens is 5. The number of nitrogens with one attached hydrogen (secondary N) is 1. The van der Waals surface area contributed by atoms with Crippen LogP contribution in [0.25, 0.3) is 22.2 Å². The molecule has 0 unspecified atom stereocenters. The lowest BCUT2D eigenvalue weighted by Crippen LogP contribution is -2.17. The van der Waals surface area contributed by atoms with E-state index in [1.165, 1.54) is 23.6 Å². The highest BCUT2D eigenvalue weighted by Gasteiger charge is 2.23. The lowest BCUT2D eigenvalue weighted by molar-refractivity contribution is 0.421. The molecular formula is C20H18ClN5O2. The molecule has 28 heavy (non-hydrogen) atoms. The summed E-state index contributed by atoms with van der Waals surface area (Å²) < 4.78 is 3.21. The van der Waals surface area contributed by atoms with E-state index in [-0.39, 0.29) is 18.1 Å². The molecule has 0 bridgehead atoms. The number of nitrogens with zero attached hydrogens (tertiary/aromatic N) is 4. The van der Waals surface area contributed by atoms with Gasteiger partial charge in [-0.25, -0.2) is 9.48 Å². The van der Waals surface area contributed by atoms with Crippen LogP contribution in [0.2, 0.25) is 5.02 Å². The van der Waals surface area contributed by atoms with Gasteiger partial charge in [-0.15, -0.1) is 5.10 Å². The summed E-state index contributed by atoms with van der Waals surface area (Å²) in [6.07, 6.45) is 3.79. The minimum atomic E-state index is -0.343. The van der Waals surface area contributed by atoms with E-state index in [2.05, 4.69) is 15.3 Å². The molecule has 2 aromatic heterocycles. The van der Waals surface area contributed by atoms with Crippen molar-refractivity contribution in [3.8, 4) is 17.0 Å². The van der Waals surface area contributed by atoms with Crippen LogP contribution in [0.4, 0.5) is 0 Å². The average molecular weight is 396 g/mol. The normalized spacial score (nSPS) is 14.0. The van der Waals surface area contributed by atoms with Crippen LogP contribution < -0.4 is 5.69 Å². The molecule has 5 rings (SSSR count). The summed E-state index contributed by atoms with van der Waals surface area (Å²) in [6, 6.07) is 11.7. The Morgan fingerprint density at radius 3 is 2.64 bits per heavy atom. The number of hydrogen-bond donors (Lipinski definition) is 2. The smallest absolute Gasteiger partial charge is 0.328 e. The highest BCUT2D eigenvalue weighted by atomic mass is 35.5. The molecule has 4 aromatic rings. The number of aromatic amines is 1. The summed E-state index contributed by atoms with van der Waals surface area (Å²) in [5.41, 5.74) is 4.07.